The molecule has 1 aromatic rings. The molecule has 0 heterocycles. The van der Waals surface area contributed by atoms with Crippen LogP contribution in [0.15, 0.2) is 24.3 Å². The van der Waals surface area contributed by atoms with Gasteiger partial charge in [-0.1, -0.05) is 19.1 Å². The van der Waals surface area contributed by atoms with Crippen molar-refractivity contribution in [2.45, 2.75) is 58.7 Å². The number of benzene rings is 1. The molecule has 1 aromatic carbocycles. The maximum atomic E-state index is 5.86. The largest absolute Gasteiger partial charge is 0.492 e. The van der Waals surface area contributed by atoms with Crippen molar-refractivity contribution in [2.24, 2.45) is 0 Å². The van der Waals surface area contributed by atoms with Gasteiger partial charge in [-0.15, -0.1) is 0 Å². The van der Waals surface area contributed by atoms with Crippen molar-refractivity contribution >= 4 is 0 Å². The van der Waals surface area contributed by atoms with Crippen molar-refractivity contribution in [2.75, 3.05) is 19.7 Å². The molecule has 0 unspecified atom stereocenters. The summed E-state index contributed by atoms with van der Waals surface area (Å²) in [6.07, 6.45) is 3.87. The third-order valence-corrected chi connectivity index (χ3v) is 3.98. The second-order valence-corrected chi connectivity index (χ2v) is 6.28. The Morgan fingerprint density at radius 1 is 1.19 bits per heavy atom. The molecule has 0 spiro atoms. The zero-order chi connectivity index (χ0) is 15.1. The highest BCUT2D eigenvalue weighted by molar-refractivity contribution is 5.27. The maximum absolute atomic E-state index is 5.86. The number of rotatable bonds is 10. The molecule has 21 heavy (non-hydrogen) atoms. The highest BCUT2D eigenvalue weighted by Gasteiger charge is 2.19. The second-order valence-electron chi connectivity index (χ2n) is 6.28. The SMILES string of the molecule is CCCN(CCOc1ccc(CNC2CC2)cc1)C(C)C. The third-order valence-electron chi connectivity index (χ3n) is 3.98. The molecule has 1 aliphatic carbocycles. The zero-order valence-electron chi connectivity index (χ0n) is 13.8. The van der Waals surface area contributed by atoms with Crippen molar-refractivity contribution in [3.8, 4) is 5.75 Å². The van der Waals surface area contributed by atoms with E-state index in [0.29, 0.717) is 6.04 Å². The molecule has 0 bridgehead atoms. The first-order valence-corrected chi connectivity index (χ1v) is 8.38. The Balaban J connectivity index is 1.69. The molecule has 0 radical (unpaired) electrons. The minimum absolute atomic E-state index is 0.587. The topological polar surface area (TPSA) is 24.5 Å². The van der Waals surface area contributed by atoms with E-state index in [1.54, 1.807) is 0 Å². The molecule has 0 aromatic heterocycles. The number of ether oxygens (including phenoxy) is 1. The smallest absolute Gasteiger partial charge is 0.119 e. The first-order chi connectivity index (χ1) is 10.2. The predicted octanol–water partition coefficient (Wildman–Crippen LogP) is 3.44. The minimum Gasteiger partial charge on any atom is -0.492 e. The van der Waals surface area contributed by atoms with Gasteiger partial charge in [0.05, 0.1) is 0 Å². The summed E-state index contributed by atoms with van der Waals surface area (Å²) in [6, 6.07) is 9.85. The maximum Gasteiger partial charge on any atom is 0.119 e. The van der Waals surface area contributed by atoms with Gasteiger partial charge in [0.15, 0.2) is 0 Å². The van der Waals surface area contributed by atoms with E-state index in [2.05, 4.69) is 55.3 Å². The molecular weight excluding hydrogens is 260 g/mol. The Bertz CT molecular complexity index is 398. The van der Waals surface area contributed by atoms with Gasteiger partial charge in [0.2, 0.25) is 0 Å². The molecule has 3 nitrogen and oxygen atoms in total. The fraction of sp³-hybridized carbons (Fsp3) is 0.667. The summed E-state index contributed by atoms with van der Waals surface area (Å²) in [5.74, 6) is 0.977. The van der Waals surface area contributed by atoms with E-state index in [9.17, 15) is 0 Å². The van der Waals surface area contributed by atoms with E-state index in [-0.39, 0.29) is 0 Å². The van der Waals surface area contributed by atoms with Gasteiger partial charge in [0, 0.05) is 25.2 Å². The van der Waals surface area contributed by atoms with Crippen LogP contribution in [0.25, 0.3) is 0 Å². The van der Waals surface area contributed by atoms with E-state index in [0.717, 1.165) is 38.0 Å². The average molecular weight is 290 g/mol. The Morgan fingerprint density at radius 3 is 2.48 bits per heavy atom. The van der Waals surface area contributed by atoms with E-state index < -0.39 is 0 Å². The van der Waals surface area contributed by atoms with Crippen LogP contribution in [0.2, 0.25) is 0 Å². The van der Waals surface area contributed by atoms with E-state index >= 15 is 0 Å². The summed E-state index contributed by atoms with van der Waals surface area (Å²) in [4.78, 5) is 2.47. The first-order valence-electron chi connectivity index (χ1n) is 8.38. The van der Waals surface area contributed by atoms with Crippen LogP contribution in [0.4, 0.5) is 0 Å². The number of hydrogen-bond acceptors (Lipinski definition) is 3. The third kappa shape index (κ3) is 6.06. The molecule has 1 aliphatic rings. The van der Waals surface area contributed by atoms with Gasteiger partial charge < -0.3 is 10.1 Å². The summed E-state index contributed by atoms with van der Waals surface area (Å²) >= 11 is 0. The molecular formula is C18H30N2O. The molecule has 0 aliphatic heterocycles. The fourth-order valence-corrected chi connectivity index (χ4v) is 2.45. The van der Waals surface area contributed by atoms with Crippen LogP contribution in [-0.4, -0.2) is 36.7 Å². The van der Waals surface area contributed by atoms with Gasteiger partial charge in [-0.2, -0.15) is 0 Å². The summed E-state index contributed by atoms with van der Waals surface area (Å²) in [7, 11) is 0. The molecule has 0 amide bonds. The Hall–Kier alpha value is -1.06. The van der Waals surface area contributed by atoms with Gasteiger partial charge >= 0.3 is 0 Å². The van der Waals surface area contributed by atoms with Crippen molar-refractivity contribution in [1.29, 1.82) is 0 Å². The molecule has 1 fully saturated rings. The molecule has 1 saturated carbocycles. The van der Waals surface area contributed by atoms with Gasteiger partial charge in [0.1, 0.15) is 12.4 Å². The number of nitrogens with zero attached hydrogens (tertiary/aromatic N) is 1. The summed E-state index contributed by atoms with van der Waals surface area (Å²) < 4.78 is 5.86. The van der Waals surface area contributed by atoms with Gasteiger partial charge in [-0.3, -0.25) is 4.90 Å². The number of hydrogen-bond donors (Lipinski definition) is 1. The normalized spacial score (nSPS) is 14.9. The van der Waals surface area contributed by atoms with E-state index in [4.69, 9.17) is 4.74 Å². The summed E-state index contributed by atoms with van der Waals surface area (Å²) in [6.45, 7) is 10.6. The van der Waals surface area contributed by atoms with E-state index in [1.807, 2.05) is 0 Å². The fourth-order valence-electron chi connectivity index (χ4n) is 2.45. The van der Waals surface area contributed by atoms with Crippen LogP contribution in [0.1, 0.15) is 45.6 Å². The first kappa shape index (κ1) is 16.3. The molecule has 0 saturated heterocycles. The lowest BCUT2D eigenvalue weighted by Gasteiger charge is -2.25. The Morgan fingerprint density at radius 2 is 1.90 bits per heavy atom. The van der Waals surface area contributed by atoms with Crippen LogP contribution in [-0.2, 0) is 6.54 Å². The Kier molecular flexibility index (Phi) is 6.52. The molecule has 0 atom stereocenters. The van der Waals surface area contributed by atoms with Crippen LogP contribution in [0.5, 0.6) is 5.75 Å². The van der Waals surface area contributed by atoms with Crippen molar-refractivity contribution in [1.82, 2.24) is 10.2 Å². The summed E-state index contributed by atoms with van der Waals surface area (Å²) in [5.41, 5.74) is 1.34. The predicted molar refractivity (Wildman–Crippen MR) is 88.8 cm³/mol. The van der Waals surface area contributed by atoms with Crippen molar-refractivity contribution in [3.63, 3.8) is 0 Å². The van der Waals surface area contributed by atoms with Crippen LogP contribution in [0.3, 0.4) is 0 Å². The Labute approximate surface area is 129 Å². The van der Waals surface area contributed by atoms with Gasteiger partial charge in [-0.05, 0) is 57.4 Å². The zero-order valence-corrected chi connectivity index (χ0v) is 13.8. The molecule has 1 N–H and O–H groups in total. The van der Waals surface area contributed by atoms with Crippen LogP contribution in [0, 0.1) is 0 Å². The quantitative estimate of drug-likeness (QED) is 0.714. The lowest BCUT2D eigenvalue weighted by atomic mass is 10.2. The monoisotopic (exact) mass is 290 g/mol. The van der Waals surface area contributed by atoms with Crippen molar-refractivity contribution in [3.05, 3.63) is 29.8 Å². The number of nitrogens with one attached hydrogen (secondary N) is 1. The van der Waals surface area contributed by atoms with Crippen LogP contribution < -0.4 is 10.1 Å². The highest BCUT2D eigenvalue weighted by Crippen LogP contribution is 2.20. The lowest BCUT2D eigenvalue weighted by Crippen LogP contribution is -2.35. The minimum atomic E-state index is 0.587. The lowest BCUT2D eigenvalue weighted by molar-refractivity contribution is 0.176. The van der Waals surface area contributed by atoms with E-state index in [1.165, 1.54) is 24.8 Å². The molecule has 118 valence electrons. The average Bonchev–Trinajstić information content (AvgIpc) is 3.29. The summed E-state index contributed by atoms with van der Waals surface area (Å²) in [5, 5.41) is 3.53. The molecule has 2 rings (SSSR count). The molecule has 3 heteroatoms. The second kappa shape index (κ2) is 8.40. The van der Waals surface area contributed by atoms with Gasteiger partial charge in [-0.25, -0.2) is 0 Å². The van der Waals surface area contributed by atoms with Crippen molar-refractivity contribution < 1.29 is 4.74 Å². The standard InChI is InChI=1S/C18H30N2O/c1-4-11-20(15(2)3)12-13-21-18-9-5-16(6-10-18)14-19-17-7-8-17/h5-6,9-10,15,17,19H,4,7-8,11-14H2,1-3H3. The van der Waals surface area contributed by atoms with Gasteiger partial charge in [0.25, 0.3) is 0 Å². The highest BCUT2D eigenvalue weighted by atomic mass is 16.5. The van der Waals surface area contributed by atoms with Crippen LogP contribution >= 0.6 is 0 Å².